The first-order valence-corrected chi connectivity index (χ1v) is 9.64. The van der Waals surface area contributed by atoms with Crippen LogP contribution in [0.4, 0.5) is 5.69 Å². The van der Waals surface area contributed by atoms with Gasteiger partial charge in [-0.15, -0.1) is 11.3 Å². The summed E-state index contributed by atoms with van der Waals surface area (Å²) < 4.78 is 5.32. The van der Waals surface area contributed by atoms with Gasteiger partial charge in [-0.05, 0) is 62.3 Å². The summed E-state index contributed by atoms with van der Waals surface area (Å²) in [6.07, 6.45) is 5.30. The third-order valence-electron chi connectivity index (χ3n) is 5.00. The molecule has 5 heteroatoms. The molecule has 0 saturated heterocycles. The molecule has 2 heterocycles. The fourth-order valence-corrected chi connectivity index (χ4v) is 4.95. The van der Waals surface area contributed by atoms with Crippen molar-refractivity contribution in [1.82, 2.24) is 0 Å². The molecule has 1 aromatic heterocycles. The third kappa shape index (κ3) is 3.09. The Hall–Kier alpha value is -2.14. The van der Waals surface area contributed by atoms with Crippen LogP contribution in [0, 0.1) is 0 Å². The van der Waals surface area contributed by atoms with Crippen molar-refractivity contribution in [2.45, 2.75) is 45.1 Å². The van der Waals surface area contributed by atoms with Crippen molar-refractivity contribution in [3.05, 3.63) is 51.2 Å². The number of fused-ring (bicyclic) bond motifs is 2. The Bertz CT molecular complexity index is 803. The lowest BCUT2D eigenvalue weighted by molar-refractivity contribution is -0.122. The molecule has 1 atom stereocenters. The van der Waals surface area contributed by atoms with Crippen molar-refractivity contribution in [2.24, 2.45) is 0 Å². The summed E-state index contributed by atoms with van der Waals surface area (Å²) in [5, 5.41) is 0. The Morgan fingerprint density at radius 3 is 2.84 bits per heavy atom. The van der Waals surface area contributed by atoms with Gasteiger partial charge in [0.25, 0.3) is 5.91 Å². The number of hydrogen-bond acceptors (Lipinski definition) is 4. The molecule has 0 unspecified atom stereocenters. The summed E-state index contributed by atoms with van der Waals surface area (Å²) in [7, 11) is 0. The Kier molecular flexibility index (Phi) is 4.34. The van der Waals surface area contributed by atoms with Crippen molar-refractivity contribution >= 4 is 28.9 Å². The van der Waals surface area contributed by atoms with Crippen molar-refractivity contribution < 1.29 is 14.3 Å². The quantitative estimate of drug-likeness (QED) is 0.788. The molecule has 4 nitrogen and oxygen atoms in total. The lowest BCUT2D eigenvalue weighted by atomic mass is 9.99. The highest BCUT2D eigenvalue weighted by Crippen LogP contribution is 2.32. The topological polar surface area (TPSA) is 46.6 Å². The maximum absolute atomic E-state index is 12.6. The first-order valence-electron chi connectivity index (χ1n) is 8.82. The van der Waals surface area contributed by atoms with Gasteiger partial charge in [-0.25, -0.2) is 4.79 Å². The number of aryl methyl sites for hydroxylation is 2. The fourth-order valence-electron chi connectivity index (χ4n) is 3.80. The number of amides is 1. The van der Waals surface area contributed by atoms with E-state index in [9.17, 15) is 9.59 Å². The lowest BCUT2D eigenvalue weighted by Gasteiger charge is -2.22. The zero-order valence-corrected chi connectivity index (χ0v) is 15.1. The van der Waals surface area contributed by atoms with Crippen LogP contribution >= 0.6 is 11.3 Å². The molecule has 130 valence electrons. The highest BCUT2D eigenvalue weighted by molar-refractivity contribution is 7.14. The Balaban J connectivity index is 1.42. The molecular weight excluding hydrogens is 334 g/mol. The minimum Gasteiger partial charge on any atom is -0.451 e. The minimum atomic E-state index is -0.382. The number of rotatable bonds is 3. The van der Waals surface area contributed by atoms with Crippen LogP contribution in [0.5, 0.6) is 0 Å². The second-order valence-corrected chi connectivity index (χ2v) is 7.92. The van der Waals surface area contributed by atoms with Crippen LogP contribution in [0.15, 0.2) is 30.3 Å². The molecule has 0 bridgehead atoms. The SMILES string of the molecule is C[C@H]1Cc2ccccc2N1C(=O)COC(=O)c1cc2c(s1)CCCC2. The number of para-hydroxylation sites is 1. The Morgan fingerprint density at radius 2 is 2.00 bits per heavy atom. The normalized spacial score (nSPS) is 18.6. The van der Waals surface area contributed by atoms with E-state index < -0.39 is 0 Å². The second-order valence-electron chi connectivity index (χ2n) is 6.79. The van der Waals surface area contributed by atoms with Crippen molar-refractivity contribution in [2.75, 3.05) is 11.5 Å². The van der Waals surface area contributed by atoms with E-state index in [0.29, 0.717) is 4.88 Å². The van der Waals surface area contributed by atoms with E-state index in [-0.39, 0.29) is 24.5 Å². The number of thiophene rings is 1. The molecule has 0 radical (unpaired) electrons. The molecule has 0 fully saturated rings. The molecule has 1 aliphatic heterocycles. The zero-order chi connectivity index (χ0) is 17.4. The highest BCUT2D eigenvalue weighted by atomic mass is 32.1. The number of esters is 1. The smallest absolute Gasteiger partial charge is 0.348 e. The average Bonchev–Trinajstić information content (AvgIpc) is 3.19. The van der Waals surface area contributed by atoms with Crippen LogP contribution in [0.3, 0.4) is 0 Å². The van der Waals surface area contributed by atoms with Gasteiger partial charge in [0.2, 0.25) is 0 Å². The standard InChI is InChI=1S/C20H21NO3S/c1-13-10-14-6-2-4-8-16(14)21(13)19(22)12-24-20(23)18-11-15-7-3-5-9-17(15)25-18/h2,4,6,8,11,13H,3,5,7,9-10,12H2,1H3/t13-/m0/s1. The van der Waals surface area contributed by atoms with E-state index in [1.54, 1.807) is 4.90 Å². The predicted molar refractivity (Wildman–Crippen MR) is 98.3 cm³/mol. The first kappa shape index (κ1) is 16.3. The van der Waals surface area contributed by atoms with Gasteiger partial charge in [0.15, 0.2) is 6.61 Å². The van der Waals surface area contributed by atoms with E-state index in [4.69, 9.17) is 4.74 Å². The fraction of sp³-hybridized carbons (Fsp3) is 0.400. The largest absolute Gasteiger partial charge is 0.451 e. The molecular formula is C20H21NO3S. The summed E-state index contributed by atoms with van der Waals surface area (Å²) >= 11 is 1.52. The maximum Gasteiger partial charge on any atom is 0.348 e. The number of carbonyl (C=O) groups is 2. The summed E-state index contributed by atoms with van der Waals surface area (Å²) in [5.74, 6) is -0.542. The Morgan fingerprint density at radius 1 is 1.20 bits per heavy atom. The van der Waals surface area contributed by atoms with E-state index in [1.807, 2.05) is 37.3 Å². The molecule has 1 aliphatic carbocycles. The number of benzene rings is 1. The van der Waals surface area contributed by atoms with Crippen LogP contribution in [0.2, 0.25) is 0 Å². The van der Waals surface area contributed by atoms with Crippen LogP contribution in [0.25, 0.3) is 0 Å². The molecule has 2 aromatic rings. The number of hydrogen-bond donors (Lipinski definition) is 0. The van der Waals surface area contributed by atoms with Crippen LogP contribution in [-0.2, 0) is 28.8 Å². The van der Waals surface area contributed by atoms with Crippen LogP contribution in [-0.4, -0.2) is 24.5 Å². The van der Waals surface area contributed by atoms with E-state index >= 15 is 0 Å². The van der Waals surface area contributed by atoms with Crippen molar-refractivity contribution in [3.8, 4) is 0 Å². The van der Waals surface area contributed by atoms with Gasteiger partial charge >= 0.3 is 5.97 Å². The number of ether oxygens (including phenoxy) is 1. The molecule has 25 heavy (non-hydrogen) atoms. The Labute approximate surface area is 151 Å². The summed E-state index contributed by atoms with van der Waals surface area (Å²) in [4.78, 5) is 28.6. The number of carbonyl (C=O) groups excluding carboxylic acids is 2. The van der Waals surface area contributed by atoms with E-state index in [1.165, 1.54) is 40.2 Å². The average molecular weight is 355 g/mol. The van der Waals surface area contributed by atoms with E-state index in [2.05, 4.69) is 0 Å². The summed E-state index contributed by atoms with van der Waals surface area (Å²) in [5.41, 5.74) is 3.37. The van der Waals surface area contributed by atoms with Gasteiger partial charge in [-0.3, -0.25) is 4.79 Å². The molecule has 0 saturated carbocycles. The monoisotopic (exact) mass is 355 g/mol. The van der Waals surface area contributed by atoms with Gasteiger partial charge in [0.05, 0.1) is 0 Å². The van der Waals surface area contributed by atoms with Gasteiger partial charge in [0, 0.05) is 16.6 Å². The predicted octanol–water partition coefficient (Wildman–Crippen LogP) is 3.76. The van der Waals surface area contributed by atoms with Gasteiger partial charge in [-0.2, -0.15) is 0 Å². The van der Waals surface area contributed by atoms with Crippen LogP contribution in [0.1, 0.15) is 45.4 Å². The number of nitrogens with zero attached hydrogens (tertiary/aromatic N) is 1. The lowest BCUT2D eigenvalue weighted by Crippen LogP contribution is -2.38. The highest BCUT2D eigenvalue weighted by Gasteiger charge is 2.31. The molecule has 0 spiro atoms. The first-order chi connectivity index (χ1) is 12.1. The summed E-state index contributed by atoms with van der Waals surface area (Å²) in [6, 6.07) is 9.95. The second kappa shape index (κ2) is 6.64. The molecule has 1 amide bonds. The van der Waals surface area contributed by atoms with Gasteiger partial charge in [0.1, 0.15) is 4.88 Å². The molecule has 0 N–H and O–H groups in total. The molecule has 4 rings (SSSR count). The van der Waals surface area contributed by atoms with Crippen molar-refractivity contribution in [3.63, 3.8) is 0 Å². The third-order valence-corrected chi connectivity index (χ3v) is 6.22. The van der Waals surface area contributed by atoms with Crippen molar-refractivity contribution in [1.29, 1.82) is 0 Å². The van der Waals surface area contributed by atoms with Crippen LogP contribution < -0.4 is 4.90 Å². The van der Waals surface area contributed by atoms with E-state index in [0.717, 1.165) is 24.9 Å². The molecule has 2 aliphatic rings. The zero-order valence-electron chi connectivity index (χ0n) is 14.3. The minimum absolute atomic E-state index is 0.0950. The van der Waals surface area contributed by atoms with Gasteiger partial charge < -0.3 is 9.64 Å². The number of anilines is 1. The maximum atomic E-state index is 12.6. The van der Waals surface area contributed by atoms with Gasteiger partial charge in [-0.1, -0.05) is 18.2 Å². The molecule has 1 aromatic carbocycles. The summed E-state index contributed by atoms with van der Waals surface area (Å²) in [6.45, 7) is 1.81.